The predicted molar refractivity (Wildman–Crippen MR) is 120 cm³/mol. The van der Waals surface area contributed by atoms with E-state index in [1.54, 1.807) is 6.92 Å². The van der Waals surface area contributed by atoms with Crippen LogP contribution in [0.2, 0.25) is 0 Å². The molecule has 1 fully saturated rings. The van der Waals surface area contributed by atoms with E-state index in [2.05, 4.69) is 25.6 Å². The lowest BCUT2D eigenvalue weighted by Crippen LogP contribution is -2.32. The van der Waals surface area contributed by atoms with Crippen molar-refractivity contribution >= 4 is 39.6 Å². The van der Waals surface area contributed by atoms with E-state index in [0.717, 1.165) is 10.2 Å². The summed E-state index contributed by atoms with van der Waals surface area (Å²) in [7, 11) is 0. The second-order valence-corrected chi connectivity index (χ2v) is 9.03. The van der Waals surface area contributed by atoms with Crippen LogP contribution in [-0.4, -0.2) is 57.8 Å². The van der Waals surface area contributed by atoms with Gasteiger partial charge < -0.3 is 26.3 Å². The van der Waals surface area contributed by atoms with Crippen LogP contribution in [-0.2, 0) is 4.79 Å². The maximum absolute atomic E-state index is 12.7. The zero-order chi connectivity index (χ0) is 23.8. The molecule has 176 valence electrons. The standard InChI is InChI=1S/C21H23F3N6O2S/c1-10-16(19-29-13-4-2-3-5-15(13)33-19)18(30-20(27-10)26-9-21(22,23)24)28-14-6-11(7-25)17(32)12(14)8-31/h2-5,8,11-12,14,17,32H,6-7,9,25H2,1H3,(H2,26,27,28,30). The molecule has 1 aliphatic rings. The van der Waals surface area contributed by atoms with Gasteiger partial charge in [0.2, 0.25) is 5.95 Å². The topological polar surface area (TPSA) is 126 Å². The van der Waals surface area contributed by atoms with Gasteiger partial charge in [0.05, 0.1) is 33.5 Å². The number of aliphatic hydroxyl groups is 1. The van der Waals surface area contributed by atoms with E-state index in [9.17, 15) is 23.1 Å². The third kappa shape index (κ3) is 4.92. The van der Waals surface area contributed by atoms with Gasteiger partial charge in [-0.3, -0.25) is 0 Å². The van der Waals surface area contributed by atoms with Crippen LogP contribution in [0, 0.1) is 18.8 Å². The molecule has 0 radical (unpaired) electrons. The van der Waals surface area contributed by atoms with Gasteiger partial charge in [0.25, 0.3) is 0 Å². The van der Waals surface area contributed by atoms with E-state index in [4.69, 9.17) is 5.73 Å². The van der Waals surface area contributed by atoms with E-state index in [1.165, 1.54) is 11.3 Å². The van der Waals surface area contributed by atoms with E-state index >= 15 is 0 Å². The third-order valence-corrected chi connectivity index (χ3v) is 6.78. The third-order valence-electron chi connectivity index (χ3n) is 5.73. The molecule has 2 heterocycles. The van der Waals surface area contributed by atoms with Crippen molar-refractivity contribution in [2.75, 3.05) is 23.7 Å². The van der Waals surface area contributed by atoms with Gasteiger partial charge in [-0.15, -0.1) is 11.3 Å². The second-order valence-electron chi connectivity index (χ2n) is 8.00. The fourth-order valence-electron chi connectivity index (χ4n) is 4.09. The highest BCUT2D eigenvalue weighted by Gasteiger charge is 2.42. The fraction of sp³-hybridized carbons (Fsp3) is 0.429. The van der Waals surface area contributed by atoms with Crippen LogP contribution in [0.5, 0.6) is 0 Å². The molecule has 3 aromatic rings. The molecule has 8 nitrogen and oxygen atoms in total. The molecule has 0 aliphatic heterocycles. The maximum Gasteiger partial charge on any atom is 0.405 e. The minimum Gasteiger partial charge on any atom is -0.392 e. The zero-order valence-corrected chi connectivity index (χ0v) is 18.5. The Morgan fingerprint density at radius 2 is 2.03 bits per heavy atom. The molecule has 0 saturated heterocycles. The van der Waals surface area contributed by atoms with Gasteiger partial charge in [0.1, 0.15) is 23.7 Å². The molecular weight excluding hydrogens is 457 g/mol. The summed E-state index contributed by atoms with van der Waals surface area (Å²) in [5, 5.41) is 16.4. The van der Waals surface area contributed by atoms with Gasteiger partial charge in [-0.2, -0.15) is 18.2 Å². The van der Waals surface area contributed by atoms with Crippen LogP contribution in [0.3, 0.4) is 0 Å². The summed E-state index contributed by atoms with van der Waals surface area (Å²) in [5.74, 6) is -0.973. The molecule has 4 unspecified atom stereocenters. The van der Waals surface area contributed by atoms with E-state index in [-0.39, 0.29) is 24.2 Å². The van der Waals surface area contributed by atoms with Crippen molar-refractivity contribution in [3.8, 4) is 10.6 Å². The lowest BCUT2D eigenvalue weighted by molar-refractivity contribution is -0.115. The Kier molecular flexibility index (Phi) is 6.50. The SMILES string of the molecule is Cc1nc(NCC(F)(F)F)nc(NC2CC(CN)C(O)C2C=O)c1-c1nc2ccccc2s1. The lowest BCUT2D eigenvalue weighted by Gasteiger charge is -2.21. The number of rotatable bonds is 7. The number of aldehydes is 1. The van der Waals surface area contributed by atoms with E-state index in [0.29, 0.717) is 29.0 Å². The molecule has 1 saturated carbocycles. The fourth-order valence-corrected chi connectivity index (χ4v) is 5.15. The summed E-state index contributed by atoms with van der Waals surface area (Å²) in [4.78, 5) is 24.8. The van der Waals surface area contributed by atoms with Gasteiger partial charge >= 0.3 is 6.18 Å². The number of para-hydroxylation sites is 1. The van der Waals surface area contributed by atoms with Crippen molar-refractivity contribution in [3.05, 3.63) is 30.0 Å². The number of nitrogens with two attached hydrogens (primary N) is 1. The van der Waals surface area contributed by atoms with Crippen molar-refractivity contribution in [1.29, 1.82) is 0 Å². The van der Waals surface area contributed by atoms with Gasteiger partial charge in [0, 0.05) is 6.04 Å². The molecule has 0 bridgehead atoms. The number of nitrogens with zero attached hydrogens (tertiary/aromatic N) is 3. The first-order valence-electron chi connectivity index (χ1n) is 10.4. The highest BCUT2D eigenvalue weighted by molar-refractivity contribution is 7.21. The number of halogens is 3. The van der Waals surface area contributed by atoms with Crippen LogP contribution >= 0.6 is 11.3 Å². The Morgan fingerprint density at radius 1 is 1.27 bits per heavy atom. The minimum absolute atomic E-state index is 0.200. The first-order chi connectivity index (χ1) is 15.7. The number of anilines is 2. The number of aromatic nitrogens is 3. The number of thiazole rings is 1. The van der Waals surface area contributed by atoms with Crippen LogP contribution < -0.4 is 16.4 Å². The summed E-state index contributed by atoms with van der Waals surface area (Å²) in [6.45, 7) is 0.576. The second kappa shape index (κ2) is 9.20. The Bertz CT molecular complexity index is 1120. The van der Waals surface area contributed by atoms with Crippen molar-refractivity contribution in [1.82, 2.24) is 15.0 Å². The molecule has 0 spiro atoms. The quantitative estimate of drug-likeness (QED) is 0.380. The Hall–Kier alpha value is -2.83. The number of fused-ring (bicyclic) bond motifs is 1. The number of aliphatic hydroxyl groups excluding tert-OH is 1. The summed E-state index contributed by atoms with van der Waals surface area (Å²) in [5.41, 5.74) is 7.46. The molecule has 1 aliphatic carbocycles. The Labute approximate surface area is 191 Å². The monoisotopic (exact) mass is 480 g/mol. The molecule has 2 aromatic heterocycles. The van der Waals surface area contributed by atoms with Crippen molar-refractivity contribution in [3.63, 3.8) is 0 Å². The minimum atomic E-state index is -4.44. The van der Waals surface area contributed by atoms with Gasteiger partial charge in [-0.25, -0.2) is 9.97 Å². The number of carbonyl (C=O) groups is 1. The van der Waals surface area contributed by atoms with Crippen molar-refractivity contribution in [2.24, 2.45) is 17.6 Å². The molecule has 5 N–H and O–H groups in total. The molecule has 0 amide bonds. The average Bonchev–Trinajstić information content (AvgIpc) is 3.31. The first-order valence-corrected chi connectivity index (χ1v) is 11.2. The van der Waals surface area contributed by atoms with Gasteiger partial charge in [-0.1, -0.05) is 12.1 Å². The Balaban J connectivity index is 1.76. The van der Waals surface area contributed by atoms with Crippen molar-refractivity contribution < 1.29 is 23.1 Å². The van der Waals surface area contributed by atoms with Gasteiger partial charge in [-0.05, 0) is 37.9 Å². The van der Waals surface area contributed by atoms with Crippen molar-refractivity contribution in [2.45, 2.75) is 31.7 Å². The number of nitrogens with one attached hydrogen (secondary N) is 2. The van der Waals surface area contributed by atoms with E-state index < -0.39 is 30.8 Å². The number of alkyl halides is 3. The highest BCUT2D eigenvalue weighted by Crippen LogP contribution is 2.39. The lowest BCUT2D eigenvalue weighted by atomic mass is 10.0. The van der Waals surface area contributed by atoms with Crippen LogP contribution in [0.4, 0.5) is 24.9 Å². The first kappa shape index (κ1) is 23.3. The Morgan fingerprint density at radius 3 is 2.70 bits per heavy atom. The molecule has 4 atom stereocenters. The summed E-state index contributed by atoms with van der Waals surface area (Å²) >= 11 is 1.40. The molecule has 12 heteroatoms. The summed E-state index contributed by atoms with van der Waals surface area (Å²) in [6.07, 6.45) is -4.27. The smallest absolute Gasteiger partial charge is 0.392 e. The number of hydrogen-bond acceptors (Lipinski definition) is 9. The normalized spacial score (nSPS) is 23.1. The largest absolute Gasteiger partial charge is 0.405 e. The molecule has 4 rings (SSSR count). The van der Waals surface area contributed by atoms with E-state index in [1.807, 2.05) is 24.3 Å². The molecule has 1 aromatic carbocycles. The van der Waals surface area contributed by atoms with Crippen LogP contribution in [0.15, 0.2) is 24.3 Å². The average molecular weight is 481 g/mol. The molecule has 33 heavy (non-hydrogen) atoms. The number of carbonyl (C=O) groups excluding carboxylic acids is 1. The number of aryl methyl sites for hydroxylation is 1. The zero-order valence-electron chi connectivity index (χ0n) is 17.6. The number of hydrogen-bond donors (Lipinski definition) is 4. The summed E-state index contributed by atoms with van der Waals surface area (Å²) in [6, 6.07) is 7.03. The molecular formula is C21H23F3N6O2S. The van der Waals surface area contributed by atoms with Crippen LogP contribution in [0.1, 0.15) is 12.1 Å². The van der Waals surface area contributed by atoms with Crippen LogP contribution in [0.25, 0.3) is 20.8 Å². The number of benzene rings is 1. The highest BCUT2D eigenvalue weighted by atomic mass is 32.1. The predicted octanol–water partition coefficient (Wildman–Crippen LogP) is 2.97. The summed E-state index contributed by atoms with van der Waals surface area (Å²) < 4.78 is 39.1. The maximum atomic E-state index is 12.7. The van der Waals surface area contributed by atoms with Gasteiger partial charge in [0.15, 0.2) is 0 Å².